The van der Waals surface area contributed by atoms with E-state index in [1.807, 2.05) is 41.3 Å². The Kier molecular flexibility index (Phi) is 4.99. The number of carbonyl (C=O) groups excluding carboxylic acids is 1. The van der Waals surface area contributed by atoms with Crippen LogP contribution in [-0.4, -0.2) is 54.8 Å². The first kappa shape index (κ1) is 17.8. The fourth-order valence-electron chi connectivity index (χ4n) is 3.96. The van der Waals surface area contributed by atoms with Crippen LogP contribution >= 0.6 is 0 Å². The maximum Gasteiger partial charge on any atom is 0.254 e. The lowest BCUT2D eigenvalue weighted by molar-refractivity contribution is -0.119. The van der Waals surface area contributed by atoms with E-state index in [4.69, 9.17) is 14.2 Å². The fourth-order valence-corrected chi connectivity index (χ4v) is 3.96. The van der Waals surface area contributed by atoms with Crippen molar-refractivity contribution in [3.05, 3.63) is 54.2 Å². The van der Waals surface area contributed by atoms with Gasteiger partial charge in [0, 0.05) is 24.4 Å². The quantitative estimate of drug-likeness (QED) is 0.785. The summed E-state index contributed by atoms with van der Waals surface area (Å²) in [6.45, 7) is 2.63. The third-order valence-corrected chi connectivity index (χ3v) is 5.47. The number of hydrogen-bond donors (Lipinski definition) is 0. The molecule has 2 saturated heterocycles. The molecule has 2 aliphatic heterocycles. The number of carbonyl (C=O) groups is 1. The SMILES string of the molecule is COc1cccc(C(=O)N2CC3(C2)OCC[C@H]3CCOc2ccccn2)c1. The number of amides is 1. The molecule has 2 aliphatic rings. The van der Waals surface area contributed by atoms with Crippen LogP contribution in [0.1, 0.15) is 23.2 Å². The molecule has 0 N–H and O–H groups in total. The normalized spacial score (nSPS) is 20.3. The van der Waals surface area contributed by atoms with E-state index >= 15 is 0 Å². The molecule has 1 aromatic heterocycles. The number of aromatic nitrogens is 1. The molecular weight excluding hydrogens is 344 g/mol. The average molecular weight is 368 g/mol. The minimum Gasteiger partial charge on any atom is -0.497 e. The Morgan fingerprint density at radius 2 is 2.19 bits per heavy atom. The molecule has 2 aromatic rings. The molecule has 1 aromatic carbocycles. The van der Waals surface area contributed by atoms with Crippen LogP contribution in [0.4, 0.5) is 0 Å². The molecule has 2 fully saturated rings. The Balaban J connectivity index is 1.32. The summed E-state index contributed by atoms with van der Waals surface area (Å²) in [5.41, 5.74) is 0.430. The van der Waals surface area contributed by atoms with Crippen molar-refractivity contribution in [2.45, 2.75) is 18.4 Å². The minimum absolute atomic E-state index is 0.0264. The Bertz CT molecular complexity index is 790. The second kappa shape index (κ2) is 7.56. The Hall–Kier alpha value is -2.60. The molecule has 0 saturated carbocycles. The first-order valence-electron chi connectivity index (χ1n) is 9.31. The molecule has 4 rings (SSSR count). The second-order valence-electron chi connectivity index (χ2n) is 7.10. The fraction of sp³-hybridized carbons (Fsp3) is 0.429. The molecule has 0 aliphatic carbocycles. The van der Waals surface area contributed by atoms with Gasteiger partial charge in [-0.2, -0.15) is 0 Å². The predicted octanol–water partition coefficient (Wildman–Crippen LogP) is 2.79. The molecule has 0 bridgehead atoms. The first-order valence-corrected chi connectivity index (χ1v) is 9.31. The highest BCUT2D eigenvalue weighted by molar-refractivity contribution is 5.95. The number of benzene rings is 1. The van der Waals surface area contributed by atoms with Crippen LogP contribution in [0.15, 0.2) is 48.7 Å². The van der Waals surface area contributed by atoms with Crippen molar-refractivity contribution in [3.8, 4) is 11.6 Å². The maximum atomic E-state index is 12.7. The van der Waals surface area contributed by atoms with Crippen molar-refractivity contribution in [1.29, 1.82) is 0 Å². The zero-order chi connectivity index (χ0) is 18.7. The van der Waals surface area contributed by atoms with Gasteiger partial charge in [-0.05, 0) is 43.0 Å². The van der Waals surface area contributed by atoms with Gasteiger partial charge < -0.3 is 19.1 Å². The molecule has 142 valence electrons. The molecule has 0 unspecified atom stereocenters. The van der Waals surface area contributed by atoms with Crippen molar-refractivity contribution in [2.24, 2.45) is 5.92 Å². The van der Waals surface area contributed by atoms with Gasteiger partial charge in [0.15, 0.2) is 0 Å². The van der Waals surface area contributed by atoms with Crippen LogP contribution < -0.4 is 9.47 Å². The summed E-state index contributed by atoms with van der Waals surface area (Å²) < 4.78 is 17.0. The van der Waals surface area contributed by atoms with E-state index in [2.05, 4.69) is 4.98 Å². The maximum absolute atomic E-state index is 12.7. The van der Waals surface area contributed by atoms with E-state index < -0.39 is 0 Å². The molecule has 1 amide bonds. The molecule has 6 heteroatoms. The van der Waals surface area contributed by atoms with Gasteiger partial charge in [0.2, 0.25) is 5.88 Å². The summed E-state index contributed by atoms with van der Waals surface area (Å²) in [4.78, 5) is 18.8. The van der Waals surface area contributed by atoms with Crippen LogP contribution in [0.5, 0.6) is 11.6 Å². The van der Waals surface area contributed by atoms with E-state index in [1.165, 1.54) is 0 Å². The second-order valence-corrected chi connectivity index (χ2v) is 7.10. The molecule has 0 radical (unpaired) electrons. The Morgan fingerprint density at radius 3 is 2.96 bits per heavy atom. The van der Waals surface area contributed by atoms with Gasteiger partial charge in [-0.3, -0.25) is 4.79 Å². The zero-order valence-electron chi connectivity index (χ0n) is 15.5. The lowest BCUT2D eigenvalue weighted by Gasteiger charge is -2.50. The summed E-state index contributed by atoms with van der Waals surface area (Å²) in [6.07, 6.45) is 3.63. The van der Waals surface area contributed by atoms with Gasteiger partial charge >= 0.3 is 0 Å². The smallest absolute Gasteiger partial charge is 0.254 e. The molecule has 3 heterocycles. The van der Waals surface area contributed by atoms with Crippen LogP contribution in [0, 0.1) is 5.92 Å². The zero-order valence-corrected chi connectivity index (χ0v) is 15.5. The summed E-state index contributed by atoms with van der Waals surface area (Å²) >= 11 is 0. The van der Waals surface area contributed by atoms with Crippen molar-refractivity contribution < 1.29 is 19.0 Å². The molecular formula is C21H24N2O4. The monoisotopic (exact) mass is 368 g/mol. The molecule has 6 nitrogen and oxygen atoms in total. The van der Waals surface area contributed by atoms with Gasteiger partial charge in [-0.15, -0.1) is 0 Å². The lowest BCUT2D eigenvalue weighted by atomic mass is 9.79. The standard InChI is InChI=1S/C21H24N2O4/c1-25-18-6-4-5-16(13-18)20(24)23-14-21(15-23)17(9-12-27-21)8-11-26-19-7-2-3-10-22-19/h2-7,10,13,17H,8-9,11-12,14-15H2,1H3/t17-/m1/s1. The minimum atomic E-state index is -0.220. The third-order valence-electron chi connectivity index (χ3n) is 5.47. The van der Waals surface area contributed by atoms with Crippen molar-refractivity contribution in [3.63, 3.8) is 0 Å². The van der Waals surface area contributed by atoms with Gasteiger partial charge in [-0.25, -0.2) is 4.98 Å². The van der Waals surface area contributed by atoms with E-state index in [9.17, 15) is 4.79 Å². The summed E-state index contributed by atoms with van der Waals surface area (Å²) in [6, 6.07) is 12.9. The van der Waals surface area contributed by atoms with E-state index in [-0.39, 0.29) is 11.5 Å². The number of hydrogen-bond acceptors (Lipinski definition) is 5. The number of nitrogens with zero attached hydrogens (tertiary/aromatic N) is 2. The summed E-state index contributed by atoms with van der Waals surface area (Å²) in [5.74, 6) is 1.76. The summed E-state index contributed by atoms with van der Waals surface area (Å²) in [5, 5.41) is 0. The van der Waals surface area contributed by atoms with Crippen LogP contribution in [0.2, 0.25) is 0 Å². The highest BCUT2D eigenvalue weighted by Crippen LogP contribution is 2.42. The van der Waals surface area contributed by atoms with Gasteiger partial charge in [0.05, 0.1) is 26.8 Å². The summed E-state index contributed by atoms with van der Waals surface area (Å²) in [7, 11) is 1.60. The van der Waals surface area contributed by atoms with Crippen LogP contribution in [-0.2, 0) is 4.74 Å². The number of ether oxygens (including phenoxy) is 3. The molecule has 27 heavy (non-hydrogen) atoms. The third kappa shape index (κ3) is 3.62. The Morgan fingerprint density at radius 1 is 1.30 bits per heavy atom. The van der Waals surface area contributed by atoms with E-state index in [0.29, 0.717) is 42.8 Å². The van der Waals surface area contributed by atoms with Crippen molar-refractivity contribution in [2.75, 3.05) is 33.4 Å². The highest BCUT2D eigenvalue weighted by Gasteiger charge is 2.54. The number of methoxy groups -OCH3 is 1. The van der Waals surface area contributed by atoms with E-state index in [0.717, 1.165) is 19.4 Å². The van der Waals surface area contributed by atoms with Gasteiger partial charge in [0.1, 0.15) is 11.4 Å². The van der Waals surface area contributed by atoms with Crippen LogP contribution in [0.3, 0.4) is 0 Å². The largest absolute Gasteiger partial charge is 0.497 e. The van der Waals surface area contributed by atoms with Gasteiger partial charge in [0.25, 0.3) is 5.91 Å². The Labute approximate surface area is 159 Å². The lowest BCUT2D eigenvalue weighted by Crippen LogP contribution is -2.66. The predicted molar refractivity (Wildman–Crippen MR) is 100 cm³/mol. The number of likely N-dealkylation sites (tertiary alicyclic amines) is 1. The molecule has 1 spiro atoms. The van der Waals surface area contributed by atoms with Crippen molar-refractivity contribution in [1.82, 2.24) is 9.88 Å². The van der Waals surface area contributed by atoms with Crippen LogP contribution in [0.25, 0.3) is 0 Å². The number of rotatable bonds is 6. The van der Waals surface area contributed by atoms with Crippen molar-refractivity contribution >= 4 is 5.91 Å². The topological polar surface area (TPSA) is 60.9 Å². The number of pyridine rings is 1. The van der Waals surface area contributed by atoms with Gasteiger partial charge in [-0.1, -0.05) is 12.1 Å². The van der Waals surface area contributed by atoms with E-state index in [1.54, 1.807) is 19.4 Å². The molecule has 1 atom stereocenters. The average Bonchev–Trinajstić information content (AvgIpc) is 3.11. The first-order chi connectivity index (χ1) is 13.2. The highest BCUT2D eigenvalue weighted by atomic mass is 16.5.